The number of carboxylic acid groups (broad SMARTS) is 1. The van der Waals surface area contributed by atoms with E-state index >= 15 is 0 Å². The number of hydrazine groups is 1. The van der Waals surface area contributed by atoms with Crippen LogP contribution in [0, 0.1) is 0 Å². The van der Waals surface area contributed by atoms with Crippen molar-refractivity contribution in [2.75, 3.05) is 13.1 Å². The summed E-state index contributed by atoms with van der Waals surface area (Å²) in [7, 11) is 0. The first-order chi connectivity index (χ1) is 20.9. The van der Waals surface area contributed by atoms with Crippen molar-refractivity contribution in [3.63, 3.8) is 0 Å². The number of carboxylic acids is 1. The second-order valence-corrected chi connectivity index (χ2v) is 10.9. The number of piperidine rings is 1. The highest BCUT2D eigenvalue weighted by Gasteiger charge is 2.26. The monoisotopic (exact) mass is 586 g/mol. The van der Waals surface area contributed by atoms with Crippen molar-refractivity contribution < 1.29 is 14.7 Å². The van der Waals surface area contributed by atoms with Gasteiger partial charge >= 0.3 is 5.97 Å². The van der Waals surface area contributed by atoms with Crippen LogP contribution >= 0.6 is 0 Å². The van der Waals surface area contributed by atoms with Crippen LogP contribution in [-0.2, 0) is 22.6 Å². The van der Waals surface area contributed by atoms with E-state index in [1.54, 1.807) is 0 Å². The second kappa shape index (κ2) is 14.1. The average Bonchev–Trinajstić information content (AvgIpc) is 3.70. The minimum absolute atomic E-state index is 0.0758. The van der Waals surface area contributed by atoms with Gasteiger partial charge in [-0.05, 0) is 47.6 Å². The molecule has 5 rings (SSSR count). The van der Waals surface area contributed by atoms with E-state index in [1.165, 1.54) is 0 Å². The number of aryl methyl sites for hydroxylation is 1. The standard InChI is InChI=1S/C30H38N10O3/c1-2-3-8-26-32-28(22-15-17-39(18-16-22)35-27(41)14-13-25(31)30(42)43)36-40(26)19-20-9-11-21(12-10-20)23-6-4-5-7-24(23)29-33-37-38-34-29/h4-7,9-12,22,25H,2-3,8,13-19,31H2,1H3,(H,35,41)(H,42,43)(H,33,34,37,38). The lowest BCUT2D eigenvalue weighted by atomic mass is 9.97. The molecule has 226 valence electrons. The van der Waals surface area contributed by atoms with E-state index in [0.29, 0.717) is 25.5 Å². The molecule has 2 aromatic heterocycles. The van der Waals surface area contributed by atoms with Gasteiger partial charge in [0.05, 0.1) is 6.54 Å². The van der Waals surface area contributed by atoms with E-state index in [9.17, 15) is 9.59 Å². The molecule has 1 unspecified atom stereocenters. The Morgan fingerprint density at radius 3 is 2.53 bits per heavy atom. The fourth-order valence-electron chi connectivity index (χ4n) is 5.27. The lowest BCUT2D eigenvalue weighted by Crippen LogP contribution is -2.46. The Labute approximate surface area is 249 Å². The van der Waals surface area contributed by atoms with Gasteiger partial charge < -0.3 is 10.8 Å². The van der Waals surface area contributed by atoms with Crippen molar-refractivity contribution in [2.24, 2.45) is 5.73 Å². The van der Waals surface area contributed by atoms with Crippen molar-refractivity contribution in [1.82, 2.24) is 45.8 Å². The number of rotatable bonds is 13. The van der Waals surface area contributed by atoms with E-state index in [2.05, 4.69) is 63.3 Å². The Morgan fingerprint density at radius 1 is 1.12 bits per heavy atom. The van der Waals surface area contributed by atoms with Crippen molar-refractivity contribution in [3.8, 4) is 22.5 Å². The van der Waals surface area contributed by atoms with Gasteiger partial charge in [0, 0.05) is 37.4 Å². The maximum absolute atomic E-state index is 12.2. The van der Waals surface area contributed by atoms with E-state index in [0.717, 1.165) is 66.0 Å². The molecule has 1 fully saturated rings. The molecule has 3 heterocycles. The molecule has 1 atom stereocenters. The summed E-state index contributed by atoms with van der Waals surface area (Å²) >= 11 is 0. The number of H-pyrrole nitrogens is 1. The maximum Gasteiger partial charge on any atom is 0.320 e. The number of benzene rings is 2. The molecule has 1 amide bonds. The normalized spacial score (nSPS) is 14.9. The lowest BCUT2D eigenvalue weighted by Gasteiger charge is -2.30. The Morgan fingerprint density at radius 2 is 1.86 bits per heavy atom. The molecular weight excluding hydrogens is 548 g/mol. The minimum atomic E-state index is -1.10. The number of carbonyl (C=O) groups is 2. The number of carbonyl (C=O) groups excluding carboxylic acids is 1. The molecule has 1 aliphatic rings. The van der Waals surface area contributed by atoms with Crippen LogP contribution in [0.2, 0.25) is 0 Å². The smallest absolute Gasteiger partial charge is 0.320 e. The predicted molar refractivity (Wildman–Crippen MR) is 159 cm³/mol. The summed E-state index contributed by atoms with van der Waals surface area (Å²) in [6, 6.07) is 15.4. The van der Waals surface area contributed by atoms with Crippen molar-refractivity contribution in [2.45, 2.75) is 70.4 Å². The Balaban J connectivity index is 1.22. The largest absolute Gasteiger partial charge is 0.480 e. The number of hydrogen-bond donors (Lipinski definition) is 4. The van der Waals surface area contributed by atoms with Gasteiger partial charge in [-0.1, -0.05) is 61.9 Å². The first-order valence-electron chi connectivity index (χ1n) is 14.8. The quantitative estimate of drug-likeness (QED) is 0.182. The number of aromatic nitrogens is 7. The molecule has 1 saturated heterocycles. The van der Waals surface area contributed by atoms with Crippen molar-refractivity contribution in [1.29, 1.82) is 0 Å². The van der Waals surface area contributed by atoms with Gasteiger partial charge in [0.2, 0.25) is 11.7 Å². The van der Waals surface area contributed by atoms with Crippen LogP contribution in [0.15, 0.2) is 48.5 Å². The highest BCUT2D eigenvalue weighted by molar-refractivity contribution is 5.80. The molecule has 5 N–H and O–H groups in total. The molecule has 2 aromatic carbocycles. The van der Waals surface area contributed by atoms with E-state index in [-0.39, 0.29) is 24.7 Å². The number of aromatic amines is 1. The van der Waals surface area contributed by atoms with Crippen molar-refractivity contribution >= 4 is 11.9 Å². The third-order valence-corrected chi connectivity index (χ3v) is 7.77. The topological polar surface area (TPSA) is 181 Å². The lowest BCUT2D eigenvalue weighted by molar-refractivity contribution is -0.138. The summed E-state index contributed by atoms with van der Waals surface area (Å²) in [6.45, 7) is 4.15. The Hall–Kier alpha value is -4.49. The number of tetrazole rings is 1. The van der Waals surface area contributed by atoms with Crippen LogP contribution in [0.1, 0.15) is 68.6 Å². The molecule has 13 nitrogen and oxygen atoms in total. The number of aliphatic carboxylic acids is 1. The zero-order chi connectivity index (χ0) is 30.2. The molecule has 0 bridgehead atoms. The number of nitrogens with zero attached hydrogens (tertiary/aromatic N) is 7. The molecule has 4 aromatic rings. The number of nitrogens with one attached hydrogen (secondary N) is 2. The van der Waals surface area contributed by atoms with E-state index in [4.69, 9.17) is 20.9 Å². The summed E-state index contributed by atoms with van der Waals surface area (Å²) in [4.78, 5) is 28.1. The zero-order valence-electron chi connectivity index (χ0n) is 24.3. The summed E-state index contributed by atoms with van der Waals surface area (Å²) in [5.74, 6) is 1.30. The molecular formula is C30H38N10O3. The van der Waals surface area contributed by atoms with Gasteiger partial charge in [-0.2, -0.15) is 10.3 Å². The third kappa shape index (κ3) is 7.67. The van der Waals surface area contributed by atoms with Gasteiger partial charge in [0.25, 0.3) is 0 Å². The molecule has 0 aliphatic carbocycles. The maximum atomic E-state index is 12.2. The van der Waals surface area contributed by atoms with Crippen molar-refractivity contribution in [3.05, 3.63) is 65.7 Å². The molecule has 0 radical (unpaired) electrons. The number of hydrogen-bond acceptors (Lipinski definition) is 9. The first kappa shape index (κ1) is 30.0. The minimum Gasteiger partial charge on any atom is -0.480 e. The molecule has 43 heavy (non-hydrogen) atoms. The van der Waals surface area contributed by atoms with E-state index in [1.807, 2.05) is 27.9 Å². The Bertz CT molecular complexity index is 1490. The van der Waals surface area contributed by atoms with Crippen LogP contribution in [0.4, 0.5) is 0 Å². The van der Waals surface area contributed by atoms with Gasteiger partial charge in [-0.15, -0.1) is 10.2 Å². The fourth-order valence-corrected chi connectivity index (χ4v) is 5.27. The van der Waals surface area contributed by atoms with Gasteiger partial charge in [0.1, 0.15) is 11.9 Å². The molecule has 1 aliphatic heterocycles. The van der Waals surface area contributed by atoms with Crippen LogP contribution in [0.5, 0.6) is 0 Å². The van der Waals surface area contributed by atoms with Gasteiger partial charge in [-0.3, -0.25) is 15.0 Å². The molecule has 13 heteroatoms. The predicted octanol–water partition coefficient (Wildman–Crippen LogP) is 2.92. The summed E-state index contributed by atoms with van der Waals surface area (Å²) < 4.78 is 2.03. The van der Waals surface area contributed by atoms with Crippen LogP contribution < -0.4 is 11.2 Å². The zero-order valence-corrected chi connectivity index (χ0v) is 24.3. The summed E-state index contributed by atoms with van der Waals surface area (Å²) in [5.41, 5.74) is 12.5. The SMILES string of the molecule is CCCCc1nc(C2CCN(NC(=O)CCC(N)C(=O)O)CC2)nn1Cc1ccc(-c2ccccc2-c2nn[nH]n2)cc1. The summed E-state index contributed by atoms with van der Waals surface area (Å²) in [5, 5.41) is 30.3. The summed E-state index contributed by atoms with van der Waals surface area (Å²) in [6.07, 6.45) is 4.81. The average molecular weight is 587 g/mol. The highest BCUT2D eigenvalue weighted by Crippen LogP contribution is 2.30. The van der Waals surface area contributed by atoms with Gasteiger partial charge in [-0.25, -0.2) is 14.7 Å². The van der Waals surface area contributed by atoms with Crippen LogP contribution in [0.25, 0.3) is 22.5 Å². The van der Waals surface area contributed by atoms with Gasteiger partial charge in [0.15, 0.2) is 5.82 Å². The number of nitrogens with two attached hydrogens (primary N) is 1. The fraction of sp³-hybridized carbons (Fsp3) is 0.433. The number of amides is 1. The number of unbranched alkanes of at least 4 members (excludes halogenated alkanes) is 1. The molecule has 0 saturated carbocycles. The highest BCUT2D eigenvalue weighted by atomic mass is 16.4. The molecule has 0 spiro atoms. The van der Waals surface area contributed by atoms with E-state index < -0.39 is 12.0 Å². The second-order valence-electron chi connectivity index (χ2n) is 10.9. The Kier molecular flexibility index (Phi) is 9.84. The third-order valence-electron chi connectivity index (χ3n) is 7.77. The van der Waals surface area contributed by atoms with Crippen LogP contribution in [0.3, 0.4) is 0 Å². The van der Waals surface area contributed by atoms with Crippen LogP contribution in [-0.4, -0.2) is 76.5 Å². The first-order valence-corrected chi connectivity index (χ1v) is 14.8.